The van der Waals surface area contributed by atoms with Gasteiger partial charge in [-0.15, -0.1) is 0 Å². The van der Waals surface area contributed by atoms with E-state index in [4.69, 9.17) is 9.47 Å². The van der Waals surface area contributed by atoms with Crippen molar-refractivity contribution in [2.45, 2.75) is 36.2 Å². The fraction of sp³-hybridized carbons (Fsp3) is 0.562. The smallest absolute Gasteiger partial charge is 0.169 e. The molecule has 0 amide bonds. The van der Waals surface area contributed by atoms with Gasteiger partial charge in [-0.1, -0.05) is 0 Å². The zero-order chi connectivity index (χ0) is 15.9. The number of ether oxygens (including phenoxy) is 2. The van der Waals surface area contributed by atoms with Gasteiger partial charge < -0.3 is 9.47 Å². The van der Waals surface area contributed by atoms with E-state index in [9.17, 15) is 13.2 Å². The Kier molecular flexibility index (Phi) is 3.89. The van der Waals surface area contributed by atoms with Crippen LogP contribution in [0.5, 0.6) is 11.5 Å². The van der Waals surface area contributed by atoms with Crippen LogP contribution >= 0.6 is 0 Å². The summed E-state index contributed by atoms with van der Waals surface area (Å²) in [6.45, 7) is 0. The summed E-state index contributed by atoms with van der Waals surface area (Å²) in [5, 5.41) is -0.700. The van der Waals surface area contributed by atoms with Crippen LogP contribution in [-0.4, -0.2) is 38.9 Å². The Morgan fingerprint density at radius 2 is 1.73 bits per heavy atom. The second-order valence-corrected chi connectivity index (χ2v) is 8.52. The maximum atomic E-state index is 12.8. The van der Waals surface area contributed by atoms with Gasteiger partial charge in [0, 0.05) is 5.92 Å². The van der Waals surface area contributed by atoms with Crippen molar-refractivity contribution in [1.82, 2.24) is 0 Å². The number of rotatable bonds is 4. The number of hydrogen-bond acceptors (Lipinski definition) is 5. The van der Waals surface area contributed by atoms with E-state index in [0.717, 1.165) is 0 Å². The third kappa shape index (κ3) is 2.39. The molecule has 2 aliphatic rings. The number of sulfone groups is 1. The third-order valence-corrected chi connectivity index (χ3v) is 7.59. The Hall–Kier alpha value is -1.56. The lowest BCUT2D eigenvalue weighted by molar-refractivity contribution is 0.0902. The van der Waals surface area contributed by atoms with Crippen molar-refractivity contribution >= 4 is 15.6 Å². The molecular formula is C16H20O5S. The van der Waals surface area contributed by atoms with Crippen molar-refractivity contribution in [2.24, 2.45) is 5.92 Å². The van der Waals surface area contributed by atoms with Gasteiger partial charge in [0.1, 0.15) is 11.5 Å². The SMILES string of the molecule is COc1ccc(OC)c(C(=O)C2CC3CCC(C2)S3(=O)=O)c1. The van der Waals surface area contributed by atoms with E-state index in [0.29, 0.717) is 42.7 Å². The summed E-state index contributed by atoms with van der Waals surface area (Å²) in [6, 6.07) is 5.12. The predicted molar refractivity (Wildman–Crippen MR) is 82.3 cm³/mol. The molecule has 1 aromatic carbocycles. The van der Waals surface area contributed by atoms with Crippen molar-refractivity contribution in [2.75, 3.05) is 14.2 Å². The van der Waals surface area contributed by atoms with Gasteiger partial charge in [0.05, 0.1) is 30.3 Å². The molecule has 2 unspecified atom stereocenters. The topological polar surface area (TPSA) is 69.7 Å². The van der Waals surface area contributed by atoms with E-state index < -0.39 is 9.84 Å². The summed E-state index contributed by atoms with van der Waals surface area (Å²) in [4.78, 5) is 12.8. The number of carbonyl (C=O) groups is 1. The van der Waals surface area contributed by atoms with Crippen LogP contribution in [0.4, 0.5) is 0 Å². The first kappa shape index (κ1) is 15.3. The van der Waals surface area contributed by atoms with Crippen LogP contribution in [0.15, 0.2) is 18.2 Å². The molecule has 0 aliphatic carbocycles. The molecule has 22 heavy (non-hydrogen) atoms. The maximum absolute atomic E-state index is 12.8. The summed E-state index contributed by atoms with van der Waals surface area (Å²) in [5.41, 5.74) is 0.477. The van der Waals surface area contributed by atoms with Crippen LogP contribution in [0.1, 0.15) is 36.0 Å². The third-order valence-electron chi connectivity index (χ3n) is 4.88. The summed E-state index contributed by atoms with van der Waals surface area (Å²) in [5.74, 6) is 0.812. The minimum atomic E-state index is -3.01. The lowest BCUT2D eigenvalue weighted by Gasteiger charge is -2.27. The Labute approximate surface area is 130 Å². The normalized spacial score (nSPS) is 29.1. The van der Waals surface area contributed by atoms with Crippen molar-refractivity contribution in [3.8, 4) is 11.5 Å². The van der Waals surface area contributed by atoms with Crippen LogP contribution in [0.2, 0.25) is 0 Å². The molecule has 2 aliphatic heterocycles. The molecule has 3 rings (SSSR count). The van der Waals surface area contributed by atoms with Gasteiger partial charge in [-0.3, -0.25) is 4.79 Å². The first-order valence-corrected chi connectivity index (χ1v) is 9.07. The standard InChI is InChI=1S/C16H20O5S/c1-20-11-3-6-15(21-2)14(9-11)16(17)10-7-12-4-5-13(8-10)22(12,18)19/h3,6,9-10,12-13H,4-5,7-8H2,1-2H3. The maximum Gasteiger partial charge on any atom is 0.169 e. The van der Waals surface area contributed by atoms with E-state index >= 15 is 0 Å². The molecule has 0 N–H and O–H groups in total. The quantitative estimate of drug-likeness (QED) is 0.795. The predicted octanol–water partition coefficient (Wildman–Crippen LogP) is 2.24. The van der Waals surface area contributed by atoms with Crippen molar-refractivity contribution in [1.29, 1.82) is 0 Å². The van der Waals surface area contributed by atoms with Crippen LogP contribution in [-0.2, 0) is 9.84 Å². The van der Waals surface area contributed by atoms with Crippen molar-refractivity contribution in [3.63, 3.8) is 0 Å². The highest BCUT2D eigenvalue weighted by Gasteiger charge is 2.48. The fourth-order valence-corrected chi connectivity index (χ4v) is 6.12. The molecule has 0 saturated carbocycles. The molecule has 0 spiro atoms. The molecule has 2 fully saturated rings. The number of fused-ring (bicyclic) bond motifs is 2. The molecule has 2 heterocycles. The molecule has 2 atom stereocenters. The molecule has 1 aromatic rings. The Morgan fingerprint density at radius 3 is 2.27 bits per heavy atom. The lowest BCUT2D eigenvalue weighted by Crippen LogP contribution is -2.36. The summed E-state index contributed by atoms with van der Waals surface area (Å²) in [6.07, 6.45) is 2.23. The molecule has 6 heteroatoms. The van der Waals surface area contributed by atoms with Gasteiger partial charge in [-0.05, 0) is 43.9 Å². The monoisotopic (exact) mass is 324 g/mol. The molecule has 0 radical (unpaired) electrons. The van der Waals surface area contributed by atoms with Gasteiger partial charge >= 0.3 is 0 Å². The highest BCUT2D eigenvalue weighted by atomic mass is 32.2. The average molecular weight is 324 g/mol. The van der Waals surface area contributed by atoms with Crippen LogP contribution < -0.4 is 9.47 Å². The van der Waals surface area contributed by atoms with Gasteiger partial charge in [-0.25, -0.2) is 8.42 Å². The number of methoxy groups -OCH3 is 2. The van der Waals surface area contributed by atoms with Gasteiger partial charge in [0.25, 0.3) is 0 Å². The fourth-order valence-electron chi connectivity index (χ4n) is 3.65. The number of ketones is 1. The van der Waals surface area contributed by atoms with E-state index in [1.165, 1.54) is 7.11 Å². The molecule has 0 aromatic heterocycles. The van der Waals surface area contributed by atoms with Crippen molar-refractivity contribution < 1.29 is 22.7 Å². The van der Waals surface area contributed by atoms with Crippen molar-refractivity contribution in [3.05, 3.63) is 23.8 Å². The summed E-state index contributed by atoms with van der Waals surface area (Å²) >= 11 is 0. The highest BCUT2D eigenvalue weighted by molar-refractivity contribution is 7.93. The summed E-state index contributed by atoms with van der Waals surface area (Å²) < 4.78 is 34.7. The Balaban J connectivity index is 1.89. The molecular weight excluding hydrogens is 304 g/mol. The van der Waals surface area contributed by atoms with Crippen LogP contribution in [0.25, 0.3) is 0 Å². The zero-order valence-corrected chi connectivity index (χ0v) is 13.6. The minimum absolute atomic E-state index is 0.0393. The first-order valence-electron chi connectivity index (χ1n) is 7.46. The second kappa shape index (κ2) is 5.57. The Bertz CT molecular complexity index is 674. The largest absolute Gasteiger partial charge is 0.497 e. The van der Waals surface area contributed by atoms with Gasteiger partial charge in [0.2, 0.25) is 0 Å². The number of Topliss-reactive ketones (excluding diaryl/α,β-unsaturated/α-hetero) is 1. The van der Waals surface area contributed by atoms with E-state index in [2.05, 4.69) is 0 Å². The molecule has 5 nitrogen and oxygen atoms in total. The zero-order valence-electron chi connectivity index (χ0n) is 12.7. The molecule has 2 saturated heterocycles. The summed E-state index contributed by atoms with van der Waals surface area (Å²) in [7, 11) is 0.0522. The highest BCUT2D eigenvalue weighted by Crippen LogP contribution is 2.43. The van der Waals surface area contributed by atoms with E-state index in [1.54, 1.807) is 25.3 Å². The van der Waals surface area contributed by atoms with Gasteiger partial charge in [-0.2, -0.15) is 0 Å². The second-order valence-electron chi connectivity index (χ2n) is 6.01. The number of benzene rings is 1. The molecule has 120 valence electrons. The van der Waals surface area contributed by atoms with Crippen LogP contribution in [0, 0.1) is 5.92 Å². The number of carbonyl (C=O) groups excluding carboxylic acids is 1. The van der Waals surface area contributed by atoms with E-state index in [-0.39, 0.29) is 22.2 Å². The minimum Gasteiger partial charge on any atom is -0.497 e. The van der Waals surface area contributed by atoms with Gasteiger partial charge in [0.15, 0.2) is 15.6 Å². The Morgan fingerprint density at radius 1 is 1.09 bits per heavy atom. The first-order chi connectivity index (χ1) is 10.5. The molecule has 2 bridgehead atoms. The van der Waals surface area contributed by atoms with E-state index in [1.807, 2.05) is 0 Å². The lowest BCUT2D eigenvalue weighted by atomic mass is 9.90. The number of hydrogen-bond donors (Lipinski definition) is 0. The average Bonchev–Trinajstić information content (AvgIpc) is 2.72. The van der Waals surface area contributed by atoms with Crippen LogP contribution in [0.3, 0.4) is 0 Å².